The molecule has 0 saturated carbocycles. The van der Waals surface area contributed by atoms with Crippen LogP contribution < -0.4 is 10.6 Å². The third-order valence-electron chi connectivity index (χ3n) is 2.99. The summed E-state index contributed by atoms with van der Waals surface area (Å²) < 4.78 is 15.3. The summed E-state index contributed by atoms with van der Waals surface area (Å²) in [6.07, 6.45) is 3.99. The predicted octanol–water partition coefficient (Wildman–Crippen LogP) is 3.16. The fraction of sp³-hybridized carbons (Fsp3) is 0.333. The van der Waals surface area contributed by atoms with Gasteiger partial charge in [-0.05, 0) is 24.7 Å². The van der Waals surface area contributed by atoms with Crippen molar-refractivity contribution in [3.05, 3.63) is 47.9 Å². The maximum atomic E-state index is 13.6. The van der Waals surface area contributed by atoms with Crippen molar-refractivity contribution in [3.8, 4) is 0 Å². The van der Waals surface area contributed by atoms with Gasteiger partial charge in [-0.3, -0.25) is 4.68 Å². The molecule has 1 heterocycles. The van der Waals surface area contributed by atoms with E-state index in [1.54, 1.807) is 23.0 Å². The minimum atomic E-state index is -0.223. The lowest BCUT2D eigenvalue weighted by molar-refractivity contribution is 0.586. The minimum Gasteiger partial charge on any atom is -0.362 e. The first-order valence-corrected chi connectivity index (χ1v) is 7.41. The van der Waals surface area contributed by atoms with E-state index in [-0.39, 0.29) is 5.82 Å². The molecule has 21 heavy (non-hydrogen) atoms. The molecule has 0 unspecified atom stereocenters. The molecule has 0 spiro atoms. The Kier molecular flexibility index (Phi) is 5.68. The van der Waals surface area contributed by atoms with Crippen LogP contribution in [0.15, 0.2) is 36.5 Å². The molecular formula is C15H19FN4S. The SMILES string of the molecule is CCCCNC(=S)Nc1ccn(Cc2ccccc2F)n1. The maximum Gasteiger partial charge on any atom is 0.171 e. The van der Waals surface area contributed by atoms with Gasteiger partial charge in [0, 0.05) is 24.4 Å². The number of nitrogens with one attached hydrogen (secondary N) is 2. The summed E-state index contributed by atoms with van der Waals surface area (Å²) in [5, 5.41) is 11.0. The van der Waals surface area contributed by atoms with Crippen molar-refractivity contribution < 1.29 is 4.39 Å². The molecule has 1 aromatic heterocycles. The van der Waals surface area contributed by atoms with Gasteiger partial charge in [0.05, 0.1) is 6.54 Å². The van der Waals surface area contributed by atoms with Crippen LogP contribution in [0.25, 0.3) is 0 Å². The lowest BCUT2D eigenvalue weighted by Crippen LogP contribution is -2.29. The zero-order chi connectivity index (χ0) is 15.1. The van der Waals surface area contributed by atoms with E-state index in [1.165, 1.54) is 6.07 Å². The van der Waals surface area contributed by atoms with Gasteiger partial charge in [0.15, 0.2) is 10.9 Å². The van der Waals surface area contributed by atoms with Gasteiger partial charge >= 0.3 is 0 Å². The number of aromatic nitrogens is 2. The number of thiocarbonyl (C=S) groups is 1. The van der Waals surface area contributed by atoms with Crippen LogP contribution in [-0.2, 0) is 6.54 Å². The lowest BCUT2D eigenvalue weighted by Gasteiger charge is -2.07. The van der Waals surface area contributed by atoms with Gasteiger partial charge in [-0.2, -0.15) is 5.10 Å². The maximum absolute atomic E-state index is 13.6. The molecule has 112 valence electrons. The van der Waals surface area contributed by atoms with Crippen LogP contribution in [0.5, 0.6) is 0 Å². The summed E-state index contributed by atoms with van der Waals surface area (Å²) in [4.78, 5) is 0. The Balaban J connectivity index is 1.89. The van der Waals surface area contributed by atoms with Crippen molar-refractivity contribution >= 4 is 23.1 Å². The van der Waals surface area contributed by atoms with Crippen LogP contribution in [-0.4, -0.2) is 21.4 Å². The zero-order valence-electron chi connectivity index (χ0n) is 12.0. The molecule has 0 atom stereocenters. The number of hydrogen-bond acceptors (Lipinski definition) is 2. The summed E-state index contributed by atoms with van der Waals surface area (Å²) in [6.45, 7) is 3.37. The molecule has 0 aliphatic rings. The molecule has 2 aromatic rings. The molecule has 2 N–H and O–H groups in total. The van der Waals surface area contributed by atoms with E-state index in [0.717, 1.165) is 19.4 Å². The zero-order valence-corrected chi connectivity index (χ0v) is 12.8. The molecule has 0 bridgehead atoms. The highest BCUT2D eigenvalue weighted by Crippen LogP contribution is 2.10. The van der Waals surface area contributed by atoms with Gasteiger partial charge in [0.2, 0.25) is 0 Å². The quantitative estimate of drug-likeness (QED) is 0.635. The number of hydrogen-bond donors (Lipinski definition) is 2. The first-order chi connectivity index (χ1) is 10.2. The fourth-order valence-electron chi connectivity index (χ4n) is 1.86. The third-order valence-corrected chi connectivity index (χ3v) is 3.23. The average Bonchev–Trinajstić information content (AvgIpc) is 2.89. The van der Waals surface area contributed by atoms with Crippen LogP contribution in [0, 0.1) is 5.82 Å². The number of halogens is 1. The molecule has 1 aromatic carbocycles. The number of rotatable bonds is 6. The number of benzene rings is 1. The molecule has 0 aliphatic heterocycles. The van der Waals surface area contributed by atoms with Crippen molar-refractivity contribution in [1.82, 2.24) is 15.1 Å². The summed E-state index contributed by atoms with van der Waals surface area (Å²) >= 11 is 5.18. The molecule has 0 fully saturated rings. The summed E-state index contributed by atoms with van der Waals surface area (Å²) in [7, 11) is 0. The standard InChI is InChI=1S/C15H19FN4S/c1-2-3-9-17-15(21)18-14-8-10-20(19-14)11-12-6-4-5-7-13(12)16/h4-8,10H,2-3,9,11H2,1H3,(H2,17,18,19,21). The van der Waals surface area contributed by atoms with Crippen molar-refractivity contribution in [2.24, 2.45) is 0 Å². The molecule has 0 amide bonds. The van der Waals surface area contributed by atoms with Gasteiger partial charge < -0.3 is 10.6 Å². The van der Waals surface area contributed by atoms with Crippen LogP contribution in [0.3, 0.4) is 0 Å². The fourth-order valence-corrected chi connectivity index (χ4v) is 2.06. The molecule has 0 radical (unpaired) electrons. The Labute approximate surface area is 129 Å². The number of anilines is 1. The summed E-state index contributed by atoms with van der Waals surface area (Å²) in [5.74, 6) is 0.430. The van der Waals surface area contributed by atoms with Gasteiger partial charge in [-0.1, -0.05) is 31.5 Å². The highest BCUT2D eigenvalue weighted by molar-refractivity contribution is 7.80. The first-order valence-electron chi connectivity index (χ1n) is 7.00. The molecule has 2 rings (SSSR count). The average molecular weight is 306 g/mol. The van der Waals surface area contributed by atoms with Gasteiger partial charge in [-0.25, -0.2) is 4.39 Å². The Morgan fingerprint density at radius 3 is 2.90 bits per heavy atom. The van der Waals surface area contributed by atoms with E-state index in [4.69, 9.17) is 12.2 Å². The van der Waals surface area contributed by atoms with E-state index in [9.17, 15) is 4.39 Å². The molecular weight excluding hydrogens is 287 g/mol. The Morgan fingerprint density at radius 2 is 2.14 bits per heavy atom. The van der Waals surface area contributed by atoms with E-state index in [0.29, 0.717) is 23.0 Å². The van der Waals surface area contributed by atoms with Gasteiger partial charge in [0.25, 0.3) is 0 Å². The third kappa shape index (κ3) is 4.82. The van der Waals surface area contributed by atoms with E-state index in [2.05, 4.69) is 22.7 Å². The Morgan fingerprint density at radius 1 is 1.33 bits per heavy atom. The van der Waals surface area contributed by atoms with Crippen molar-refractivity contribution in [1.29, 1.82) is 0 Å². The Bertz CT molecular complexity index is 597. The second kappa shape index (κ2) is 7.73. The highest BCUT2D eigenvalue weighted by atomic mass is 32.1. The number of unbranched alkanes of at least 4 members (excludes halogenated alkanes) is 1. The topological polar surface area (TPSA) is 41.9 Å². The van der Waals surface area contributed by atoms with E-state index in [1.807, 2.05) is 12.1 Å². The second-order valence-electron chi connectivity index (χ2n) is 4.72. The van der Waals surface area contributed by atoms with Crippen LogP contribution in [0.4, 0.5) is 10.2 Å². The van der Waals surface area contributed by atoms with E-state index < -0.39 is 0 Å². The smallest absolute Gasteiger partial charge is 0.171 e. The van der Waals surface area contributed by atoms with Crippen molar-refractivity contribution in [3.63, 3.8) is 0 Å². The molecule has 4 nitrogen and oxygen atoms in total. The first kappa shape index (κ1) is 15.4. The summed E-state index contributed by atoms with van der Waals surface area (Å²) in [6, 6.07) is 8.50. The minimum absolute atomic E-state index is 0.223. The van der Waals surface area contributed by atoms with E-state index >= 15 is 0 Å². The molecule has 6 heteroatoms. The molecule has 0 aliphatic carbocycles. The van der Waals surface area contributed by atoms with Crippen LogP contribution in [0.1, 0.15) is 25.3 Å². The van der Waals surface area contributed by atoms with Crippen LogP contribution in [0.2, 0.25) is 0 Å². The molecule has 0 saturated heterocycles. The monoisotopic (exact) mass is 306 g/mol. The van der Waals surface area contributed by atoms with Gasteiger partial charge in [0.1, 0.15) is 5.82 Å². The lowest BCUT2D eigenvalue weighted by atomic mass is 10.2. The highest BCUT2D eigenvalue weighted by Gasteiger charge is 2.04. The van der Waals surface area contributed by atoms with Crippen molar-refractivity contribution in [2.45, 2.75) is 26.3 Å². The second-order valence-corrected chi connectivity index (χ2v) is 5.13. The van der Waals surface area contributed by atoms with Crippen molar-refractivity contribution in [2.75, 3.05) is 11.9 Å². The number of nitrogens with zero attached hydrogens (tertiary/aromatic N) is 2. The largest absolute Gasteiger partial charge is 0.362 e. The normalized spacial score (nSPS) is 10.4. The predicted molar refractivity (Wildman–Crippen MR) is 86.9 cm³/mol. The Hall–Kier alpha value is -1.95. The van der Waals surface area contributed by atoms with Gasteiger partial charge in [-0.15, -0.1) is 0 Å². The summed E-state index contributed by atoms with van der Waals surface area (Å²) in [5.41, 5.74) is 0.607. The van der Waals surface area contributed by atoms with Crippen LogP contribution >= 0.6 is 12.2 Å².